The summed E-state index contributed by atoms with van der Waals surface area (Å²) in [5.41, 5.74) is 5.56. The molecular weight excluding hydrogens is 356 g/mol. The Kier molecular flexibility index (Phi) is 5.31. The molecule has 0 saturated carbocycles. The minimum Gasteiger partial charge on any atom is -0.392 e. The molecule has 0 aliphatic carbocycles. The van der Waals surface area contributed by atoms with Crippen LogP contribution in [0.15, 0.2) is 14.7 Å². The van der Waals surface area contributed by atoms with Crippen LogP contribution in [0, 0.1) is 12.8 Å². The topological polar surface area (TPSA) is 72.2 Å². The Labute approximate surface area is 125 Å². The van der Waals surface area contributed by atoms with Crippen molar-refractivity contribution in [3.63, 3.8) is 0 Å². The molecule has 4 nitrogen and oxygen atoms in total. The molecule has 1 aromatic rings. The van der Waals surface area contributed by atoms with Gasteiger partial charge in [-0.05, 0) is 34.8 Å². The zero-order valence-corrected chi connectivity index (χ0v) is 14.3. The highest BCUT2D eigenvalue weighted by molar-refractivity contribution is 9.11. The number of thiocarbonyl (C=S) groups is 1. The van der Waals surface area contributed by atoms with Crippen molar-refractivity contribution in [1.29, 1.82) is 0 Å². The van der Waals surface area contributed by atoms with Crippen molar-refractivity contribution in [2.75, 3.05) is 0 Å². The molecule has 18 heavy (non-hydrogen) atoms. The number of rotatable bonds is 5. The molecule has 1 heterocycles. The van der Waals surface area contributed by atoms with Crippen LogP contribution >= 0.6 is 39.5 Å². The van der Waals surface area contributed by atoms with Gasteiger partial charge in [-0.15, -0.1) is 11.3 Å². The second-order valence-electron chi connectivity index (χ2n) is 4.22. The number of sulfonamides is 1. The maximum Gasteiger partial charge on any atom is 0.242 e. The Morgan fingerprint density at radius 3 is 2.44 bits per heavy atom. The van der Waals surface area contributed by atoms with Crippen LogP contribution in [0.3, 0.4) is 0 Å². The first kappa shape index (κ1) is 16.0. The summed E-state index contributed by atoms with van der Waals surface area (Å²) in [5, 5.41) is 0. The first-order valence-corrected chi connectivity index (χ1v) is 8.73. The van der Waals surface area contributed by atoms with E-state index in [1.54, 1.807) is 13.0 Å². The molecule has 0 bridgehead atoms. The molecule has 0 saturated heterocycles. The second-order valence-corrected chi connectivity index (χ2v) is 9.01. The van der Waals surface area contributed by atoms with Gasteiger partial charge in [0.2, 0.25) is 10.0 Å². The van der Waals surface area contributed by atoms with Gasteiger partial charge in [-0.3, -0.25) is 0 Å². The van der Waals surface area contributed by atoms with E-state index in [-0.39, 0.29) is 15.8 Å². The molecule has 0 radical (unpaired) electrons. The number of hydrogen-bond donors (Lipinski definition) is 2. The first-order chi connectivity index (χ1) is 8.15. The van der Waals surface area contributed by atoms with Crippen LogP contribution in [-0.4, -0.2) is 19.4 Å². The summed E-state index contributed by atoms with van der Waals surface area (Å²) >= 11 is 9.54. The standard InChI is InChI=1S/C10H15BrN2O2S3/c1-5(2)9(10(12)16)13-18(14,15)7-4-8(11)17-6(7)3/h4-5,9,13H,1-3H3,(H2,12,16). The fourth-order valence-electron chi connectivity index (χ4n) is 1.45. The summed E-state index contributed by atoms with van der Waals surface area (Å²) in [6.45, 7) is 5.49. The van der Waals surface area contributed by atoms with Crippen molar-refractivity contribution in [3.8, 4) is 0 Å². The van der Waals surface area contributed by atoms with Gasteiger partial charge in [0.25, 0.3) is 0 Å². The predicted molar refractivity (Wildman–Crippen MR) is 82.5 cm³/mol. The van der Waals surface area contributed by atoms with E-state index in [1.807, 2.05) is 13.8 Å². The van der Waals surface area contributed by atoms with E-state index in [2.05, 4.69) is 20.7 Å². The predicted octanol–water partition coefficient (Wildman–Crippen LogP) is 2.41. The maximum atomic E-state index is 12.2. The normalized spacial score (nSPS) is 13.8. The molecule has 1 unspecified atom stereocenters. The van der Waals surface area contributed by atoms with E-state index in [0.717, 1.165) is 8.66 Å². The molecule has 102 valence electrons. The third-order valence-electron chi connectivity index (χ3n) is 2.39. The van der Waals surface area contributed by atoms with Gasteiger partial charge in [-0.1, -0.05) is 26.1 Å². The van der Waals surface area contributed by atoms with Crippen molar-refractivity contribution in [2.24, 2.45) is 11.7 Å². The molecule has 8 heteroatoms. The molecule has 0 amide bonds. The lowest BCUT2D eigenvalue weighted by atomic mass is 10.1. The molecule has 1 rings (SSSR count). The third kappa shape index (κ3) is 3.74. The molecule has 3 N–H and O–H groups in total. The molecule has 1 aromatic heterocycles. The van der Waals surface area contributed by atoms with Crippen LogP contribution in [0.2, 0.25) is 0 Å². The van der Waals surface area contributed by atoms with Gasteiger partial charge in [0.1, 0.15) is 0 Å². The average molecular weight is 371 g/mol. The average Bonchev–Trinajstić information content (AvgIpc) is 2.54. The Hall–Kier alpha value is -0.0200. The quantitative estimate of drug-likeness (QED) is 0.780. The first-order valence-electron chi connectivity index (χ1n) is 5.22. The van der Waals surface area contributed by atoms with Gasteiger partial charge < -0.3 is 5.73 Å². The van der Waals surface area contributed by atoms with Crippen LogP contribution in [0.5, 0.6) is 0 Å². The van der Waals surface area contributed by atoms with Crippen molar-refractivity contribution >= 4 is 54.5 Å². The minimum absolute atomic E-state index is 0.000317. The molecule has 0 aliphatic rings. The summed E-state index contributed by atoms with van der Waals surface area (Å²) < 4.78 is 27.8. The molecule has 0 fully saturated rings. The van der Waals surface area contributed by atoms with E-state index in [1.165, 1.54) is 11.3 Å². The molecular formula is C10H15BrN2O2S3. The Morgan fingerprint density at radius 1 is 1.56 bits per heavy atom. The lowest BCUT2D eigenvalue weighted by Gasteiger charge is -2.20. The van der Waals surface area contributed by atoms with Crippen molar-refractivity contribution < 1.29 is 8.42 Å². The molecule has 0 aromatic carbocycles. The fourth-order valence-corrected chi connectivity index (χ4v) is 5.63. The number of thiophene rings is 1. The highest BCUT2D eigenvalue weighted by Crippen LogP contribution is 2.29. The van der Waals surface area contributed by atoms with Crippen LogP contribution in [0.25, 0.3) is 0 Å². The number of nitrogens with one attached hydrogen (secondary N) is 1. The number of halogens is 1. The Bertz CT molecular complexity index is 551. The third-order valence-corrected chi connectivity index (χ3v) is 5.89. The lowest BCUT2D eigenvalue weighted by molar-refractivity contribution is 0.526. The van der Waals surface area contributed by atoms with E-state index < -0.39 is 16.1 Å². The van der Waals surface area contributed by atoms with E-state index in [4.69, 9.17) is 18.0 Å². The van der Waals surface area contributed by atoms with Gasteiger partial charge in [-0.2, -0.15) is 0 Å². The van der Waals surface area contributed by atoms with Crippen LogP contribution in [-0.2, 0) is 10.0 Å². The Morgan fingerprint density at radius 2 is 2.11 bits per heavy atom. The van der Waals surface area contributed by atoms with E-state index in [9.17, 15) is 8.42 Å². The van der Waals surface area contributed by atoms with Gasteiger partial charge in [0.05, 0.1) is 19.7 Å². The van der Waals surface area contributed by atoms with Crippen molar-refractivity contribution in [2.45, 2.75) is 31.7 Å². The highest BCUT2D eigenvalue weighted by Gasteiger charge is 2.26. The lowest BCUT2D eigenvalue weighted by Crippen LogP contribution is -2.46. The highest BCUT2D eigenvalue weighted by atomic mass is 79.9. The smallest absolute Gasteiger partial charge is 0.242 e. The zero-order valence-electron chi connectivity index (χ0n) is 10.2. The zero-order chi connectivity index (χ0) is 14.1. The van der Waals surface area contributed by atoms with Gasteiger partial charge in [0, 0.05) is 4.88 Å². The maximum absolute atomic E-state index is 12.2. The van der Waals surface area contributed by atoms with Crippen LogP contribution in [0.1, 0.15) is 18.7 Å². The fraction of sp³-hybridized carbons (Fsp3) is 0.500. The number of hydrogen-bond acceptors (Lipinski definition) is 4. The Balaban J connectivity index is 3.08. The van der Waals surface area contributed by atoms with E-state index in [0.29, 0.717) is 0 Å². The van der Waals surface area contributed by atoms with Gasteiger partial charge >= 0.3 is 0 Å². The number of aryl methyl sites for hydroxylation is 1. The van der Waals surface area contributed by atoms with Gasteiger partial charge in [0.15, 0.2) is 0 Å². The van der Waals surface area contributed by atoms with Crippen molar-refractivity contribution in [3.05, 3.63) is 14.7 Å². The summed E-state index contributed by atoms with van der Waals surface area (Å²) in [7, 11) is -3.60. The van der Waals surface area contributed by atoms with Crippen LogP contribution < -0.4 is 10.5 Å². The summed E-state index contributed by atoms with van der Waals surface area (Å²) in [4.78, 5) is 1.14. The van der Waals surface area contributed by atoms with E-state index >= 15 is 0 Å². The minimum atomic E-state index is -3.60. The van der Waals surface area contributed by atoms with Gasteiger partial charge in [-0.25, -0.2) is 13.1 Å². The number of nitrogens with two attached hydrogens (primary N) is 1. The van der Waals surface area contributed by atoms with Crippen LogP contribution in [0.4, 0.5) is 0 Å². The molecule has 0 aliphatic heterocycles. The SMILES string of the molecule is Cc1sc(Br)cc1S(=O)(=O)NC(C(N)=S)C(C)C. The summed E-state index contributed by atoms with van der Waals surface area (Å²) in [6, 6.07) is 1.04. The summed E-state index contributed by atoms with van der Waals surface area (Å²) in [6.07, 6.45) is 0. The molecule has 0 spiro atoms. The monoisotopic (exact) mass is 370 g/mol. The largest absolute Gasteiger partial charge is 0.392 e. The molecule has 1 atom stereocenters. The van der Waals surface area contributed by atoms with Crippen molar-refractivity contribution in [1.82, 2.24) is 4.72 Å². The second kappa shape index (κ2) is 5.96. The summed E-state index contributed by atoms with van der Waals surface area (Å²) in [5.74, 6) is -0.000317.